The standard InChI is InChI=1S/C26H28BrCl2N3O2/c27-18-3-1-17(2-4-18)15-22(23(33)31-25-9-12-32(13-10-25)14-11-25)30-24(34)26(7-8-26)20-6-5-19(28)16-21(20)29/h1-6,16,22H,7-15H2,(H,30,34)(H,31,33)/t22-/m0/s1. The second kappa shape index (κ2) is 9.45. The smallest absolute Gasteiger partial charge is 0.243 e. The van der Waals surface area contributed by atoms with Gasteiger partial charge in [0.2, 0.25) is 11.8 Å². The van der Waals surface area contributed by atoms with Crippen LogP contribution >= 0.6 is 39.1 Å². The molecule has 2 amide bonds. The van der Waals surface area contributed by atoms with Crippen LogP contribution in [0.15, 0.2) is 46.9 Å². The molecule has 0 unspecified atom stereocenters. The minimum atomic E-state index is -0.700. The highest BCUT2D eigenvalue weighted by molar-refractivity contribution is 9.10. The molecule has 5 nitrogen and oxygen atoms in total. The van der Waals surface area contributed by atoms with E-state index in [1.165, 1.54) is 0 Å². The third-order valence-corrected chi connectivity index (χ3v) is 8.79. The first-order valence-corrected chi connectivity index (χ1v) is 13.4. The summed E-state index contributed by atoms with van der Waals surface area (Å²) >= 11 is 16.0. The number of piperidine rings is 3. The van der Waals surface area contributed by atoms with Gasteiger partial charge in [-0.25, -0.2) is 0 Å². The number of fused-ring (bicyclic) bond motifs is 3. The average molecular weight is 565 g/mol. The normalized spacial score (nSPS) is 25.4. The van der Waals surface area contributed by atoms with Gasteiger partial charge in [-0.15, -0.1) is 0 Å². The Labute approximate surface area is 218 Å². The zero-order valence-electron chi connectivity index (χ0n) is 18.9. The first kappa shape index (κ1) is 24.1. The van der Waals surface area contributed by atoms with Crippen molar-refractivity contribution >= 4 is 50.9 Å². The number of carbonyl (C=O) groups excluding carboxylic acids is 2. The number of rotatable bonds is 7. The van der Waals surface area contributed by atoms with Crippen LogP contribution in [0.25, 0.3) is 0 Å². The van der Waals surface area contributed by atoms with Crippen molar-refractivity contribution in [2.24, 2.45) is 0 Å². The SMILES string of the molecule is O=C(NC12CCN(CC1)CC2)[C@H](Cc1ccc(Br)cc1)NC(=O)C1(c2ccc(Cl)cc2Cl)CC1. The molecule has 2 bridgehead atoms. The summed E-state index contributed by atoms with van der Waals surface area (Å²) in [7, 11) is 0. The van der Waals surface area contributed by atoms with Crippen molar-refractivity contribution in [2.75, 3.05) is 19.6 Å². The van der Waals surface area contributed by atoms with Crippen molar-refractivity contribution in [3.05, 3.63) is 68.1 Å². The van der Waals surface area contributed by atoms with E-state index in [9.17, 15) is 9.59 Å². The molecule has 1 aliphatic carbocycles. The fourth-order valence-electron chi connectivity index (χ4n) is 5.35. The van der Waals surface area contributed by atoms with Crippen molar-refractivity contribution in [1.29, 1.82) is 0 Å². The first-order chi connectivity index (χ1) is 16.3. The quantitative estimate of drug-likeness (QED) is 0.504. The molecule has 1 saturated carbocycles. The Morgan fingerprint density at radius 1 is 0.971 bits per heavy atom. The molecule has 1 atom stereocenters. The number of benzene rings is 2. The van der Waals surface area contributed by atoms with Gasteiger partial charge in [0.1, 0.15) is 6.04 Å². The summed E-state index contributed by atoms with van der Waals surface area (Å²) in [6.07, 6.45) is 4.71. The van der Waals surface area contributed by atoms with E-state index in [4.69, 9.17) is 23.2 Å². The van der Waals surface area contributed by atoms with E-state index in [1.54, 1.807) is 12.1 Å². The molecule has 34 heavy (non-hydrogen) atoms. The van der Waals surface area contributed by atoms with Gasteiger partial charge in [0.15, 0.2) is 0 Å². The lowest BCUT2D eigenvalue weighted by Crippen LogP contribution is -2.64. The van der Waals surface area contributed by atoms with Crippen molar-refractivity contribution in [1.82, 2.24) is 15.5 Å². The summed E-state index contributed by atoms with van der Waals surface area (Å²) < 4.78 is 0.975. The van der Waals surface area contributed by atoms with Gasteiger partial charge in [-0.05, 0) is 67.5 Å². The van der Waals surface area contributed by atoms with Gasteiger partial charge in [0.25, 0.3) is 0 Å². The number of amides is 2. The number of hydrogen-bond acceptors (Lipinski definition) is 3. The predicted molar refractivity (Wildman–Crippen MR) is 138 cm³/mol. The van der Waals surface area contributed by atoms with Crippen LogP contribution in [0.1, 0.15) is 43.2 Å². The van der Waals surface area contributed by atoms with Gasteiger partial charge in [0.05, 0.1) is 5.41 Å². The molecule has 3 heterocycles. The van der Waals surface area contributed by atoms with E-state index in [0.717, 1.165) is 54.5 Å². The van der Waals surface area contributed by atoms with Gasteiger partial charge in [-0.3, -0.25) is 9.59 Å². The Morgan fingerprint density at radius 3 is 2.21 bits per heavy atom. The topological polar surface area (TPSA) is 61.4 Å². The summed E-state index contributed by atoms with van der Waals surface area (Å²) in [5, 5.41) is 7.48. The molecule has 6 rings (SSSR count). The molecule has 180 valence electrons. The zero-order valence-corrected chi connectivity index (χ0v) is 22.0. The maximum atomic E-state index is 13.6. The number of carbonyl (C=O) groups is 2. The van der Waals surface area contributed by atoms with Crippen LogP contribution in [-0.4, -0.2) is 47.9 Å². The summed E-state index contributed by atoms with van der Waals surface area (Å²) in [4.78, 5) is 29.6. The Balaban J connectivity index is 1.37. The van der Waals surface area contributed by atoms with Gasteiger partial charge < -0.3 is 15.5 Å². The molecular formula is C26H28BrCl2N3O2. The molecule has 0 spiro atoms. The predicted octanol–water partition coefficient (Wildman–Crippen LogP) is 4.87. The minimum Gasteiger partial charge on any atom is -0.349 e. The van der Waals surface area contributed by atoms with Crippen LogP contribution in [0.2, 0.25) is 10.0 Å². The lowest BCUT2D eigenvalue weighted by molar-refractivity contribution is -0.132. The van der Waals surface area contributed by atoms with Crippen molar-refractivity contribution in [3.63, 3.8) is 0 Å². The Kier molecular flexibility index (Phi) is 6.70. The summed E-state index contributed by atoms with van der Waals surface area (Å²) in [6, 6.07) is 12.5. The fourth-order valence-corrected chi connectivity index (χ4v) is 6.20. The molecule has 8 heteroatoms. The molecular weight excluding hydrogens is 537 g/mol. The Morgan fingerprint density at radius 2 is 1.62 bits per heavy atom. The number of hydrogen-bond donors (Lipinski definition) is 2. The molecule has 3 aliphatic heterocycles. The highest BCUT2D eigenvalue weighted by Gasteiger charge is 2.53. The van der Waals surface area contributed by atoms with Crippen molar-refractivity contribution < 1.29 is 9.59 Å². The molecule has 0 aromatic heterocycles. The highest BCUT2D eigenvalue weighted by Crippen LogP contribution is 2.51. The van der Waals surface area contributed by atoms with Crippen molar-refractivity contribution in [3.8, 4) is 0 Å². The Bertz CT molecular complexity index is 1080. The molecule has 4 aliphatic rings. The monoisotopic (exact) mass is 563 g/mol. The maximum absolute atomic E-state index is 13.6. The summed E-state index contributed by atoms with van der Waals surface area (Å²) in [5.41, 5.74) is 0.908. The third kappa shape index (κ3) is 4.88. The largest absolute Gasteiger partial charge is 0.349 e. The molecule has 3 saturated heterocycles. The van der Waals surface area contributed by atoms with Crippen LogP contribution in [0.3, 0.4) is 0 Å². The van der Waals surface area contributed by atoms with E-state index < -0.39 is 11.5 Å². The maximum Gasteiger partial charge on any atom is 0.243 e. The highest BCUT2D eigenvalue weighted by atomic mass is 79.9. The van der Waals surface area contributed by atoms with Crippen LogP contribution in [0.4, 0.5) is 0 Å². The van der Waals surface area contributed by atoms with Crippen LogP contribution in [-0.2, 0) is 21.4 Å². The second-order valence-corrected chi connectivity index (χ2v) is 11.7. The van der Waals surface area contributed by atoms with Crippen LogP contribution in [0, 0.1) is 0 Å². The van der Waals surface area contributed by atoms with E-state index in [0.29, 0.717) is 29.3 Å². The Hall–Kier alpha value is -1.60. The first-order valence-electron chi connectivity index (χ1n) is 11.8. The molecule has 2 N–H and O–H groups in total. The lowest BCUT2D eigenvalue weighted by atomic mass is 9.79. The van der Waals surface area contributed by atoms with Crippen LogP contribution in [0.5, 0.6) is 0 Å². The zero-order chi connectivity index (χ0) is 23.9. The van der Waals surface area contributed by atoms with Gasteiger partial charge in [0, 0.05) is 46.1 Å². The van der Waals surface area contributed by atoms with Gasteiger partial charge >= 0.3 is 0 Å². The van der Waals surface area contributed by atoms with E-state index in [-0.39, 0.29) is 17.4 Å². The number of halogens is 3. The minimum absolute atomic E-state index is 0.107. The average Bonchev–Trinajstić information content (AvgIpc) is 3.63. The molecule has 4 fully saturated rings. The molecule has 2 aromatic carbocycles. The van der Waals surface area contributed by atoms with Crippen molar-refractivity contribution in [2.45, 2.75) is 55.5 Å². The van der Waals surface area contributed by atoms with E-state index >= 15 is 0 Å². The van der Waals surface area contributed by atoms with E-state index in [2.05, 4.69) is 31.5 Å². The van der Waals surface area contributed by atoms with E-state index in [1.807, 2.05) is 30.3 Å². The third-order valence-electron chi connectivity index (χ3n) is 7.71. The number of nitrogens with zero attached hydrogens (tertiary/aromatic N) is 1. The summed E-state index contributed by atoms with van der Waals surface area (Å²) in [5.74, 6) is -0.255. The fraction of sp³-hybridized carbons (Fsp3) is 0.462. The molecule has 2 aromatic rings. The summed E-state index contributed by atoms with van der Waals surface area (Å²) in [6.45, 7) is 3.05. The van der Waals surface area contributed by atoms with Gasteiger partial charge in [-0.1, -0.05) is 57.3 Å². The van der Waals surface area contributed by atoms with Crippen LogP contribution < -0.4 is 10.6 Å². The lowest BCUT2D eigenvalue weighted by Gasteiger charge is -2.49. The second-order valence-electron chi connectivity index (χ2n) is 9.92. The van der Waals surface area contributed by atoms with Gasteiger partial charge in [-0.2, -0.15) is 0 Å². The molecule has 0 radical (unpaired) electrons. The number of nitrogens with one attached hydrogen (secondary N) is 2.